The first kappa shape index (κ1) is 24.1. The van der Waals surface area contributed by atoms with Crippen LogP contribution in [0, 0.1) is 0 Å². The maximum atomic E-state index is 12.5. The summed E-state index contributed by atoms with van der Waals surface area (Å²) < 4.78 is 47.7. The fraction of sp³-hybridized carbons (Fsp3) is 0.333. The van der Waals surface area contributed by atoms with Crippen LogP contribution in [0.1, 0.15) is 18.9 Å². The van der Waals surface area contributed by atoms with Crippen LogP contribution in [0.15, 0.2) is 41.4 Å². The first-order valence-electron chi connectivity index (χ1n) is 10.6. The van der Waals surface area contributed by atoms with Gasteiger partial charge in [-0.05, 0) is 45.6 Å². The molecule has 0 saturated heterocycles. The van der Waals surface area contributed by atoms with E-state index in [4.69, 9.17) is 14.2 Å². The van der Waals surface area contributed by atoms with Gasteiger partial charge in [0.15, 0.2) is 5.82 Å². The summed E-state index contributed by atoms with van der Waals surface area (Å²) in [6.07, 6.45) is 5.81. The van der Waals surface area contributed by atoms with Crippen molar-refractivity contribution in [3.05, 3.63) is 47.0 Å². The molecule has 1 aliphatic heterocycles. The molecule has 0 spiro atoms. The van der Waals surface area contributed by atoms with Gasteiger partial charge in [-0.25, -0.2) is 19.9 Å². The van der Waals surface area contributed by atoms with Gasteiger partial charge in [0.2, 0.25) is 5.88 Å². The zero-order chi connectivity index (χ0) is 24.0. The fourth-order valence-corrected chi connectivity index (χ4v) is 4.36. The molecule has 3 aromatic rings. The minimum Gasteiger partial charge on any atom is -0.493 e. The van der Waals surface area contributed by atoms with Gasteiger partial charge in [0.05, 0.1) is 16.6 Å². The van der Waals surface area contributed by atoms with Gasteiger partial charge in [-0.2, -0.15) is 13.1 Å². The Kier molecular flexibility index (Phi) is 7.75. The van der Waals surface area contributed by atoms with Crippen molar-refractivity contribution in [3.63, 3.8) is 0 Å². The first-order chi connectivity index (χ1) is 16.4. The zero-order valence-electron chi connectivity index (χ0n) is 18.3. The topological polar surface area (TPSA) is 137 Å². The van der Waals surface area contributed by atoms with Crippen molar-refractivity contribution in [3.8, 4) is 28.8 Å². The monoisotopic (exact) mass is 550 g/mol. The van der Waals surface area contributed by atoms with Gasteiger partial charge in [0.1, 0.15) is 25.3 Å². The molecule has 1 aromatic carbocycles. The van der Waals surface area contributed by atoms with Gasteiger partial charge >= 0.3 is 6.01 Å². The number of benzene rings is 1. The molecule has 0 bridgehead atoms. The summed E-state index contributed by atoms with van der Waals surface area (Å²) in [7, 11) is -3.84. The molecule has 0 unspecified atom stereocenters. The van der Waals surface area contributed by atoms with Crippen LogP contribution < -0.4 is 23.7 Å². The largest absolute Gasteiger partial charge is 0.493 e. The molecular weight excluding hydrogens is 528 g/mol. The predicted molar refractivity (Wildman–Crippen MR) is 128 cm³/mol. The lowest BCUT2D eigenvalue weighted by molar-refractivity contribution is 0.202. The number of rotatable bonds is 11. The highest BCUT2D eigenvalue weighted by molar-refractivity contribution is 9.10. The average Bonchev–Trinajstić information content (AvgIpc) is 3.29. The fourth-order valence-electron chi connectivity index (χ4n) is 3.20. The lowest BCUT2D eigenvalue weighted by atomic mass is 10.0. The Balaban J connectivity index is 1.58. The number of halogens is 1. The Labute approximate surface area is 205 Å². The zero-order valence-corrected chi connectivity index (χ0v) is 20.7. The minimum atomic E-state index is -3.84. The molecule has 0 amide bonds. The van der Waals surface area contributed by atoms with Crippen LogP contribution in [-0.2, 0) is 16.6 Å². The van der Waals surface area contributed by atoms with E-state index in [9.17, 15) is 8.42 Å². The molecule has 4 rings (SSSR count). The molecule has 0 saturated carbocycles. The Bertz CT molecular complexity index is 1240. The lowest BCUT2D eigenvalue weighted by Gasteiger charge is -2.16. The predicted octanol–water partition coefficient (Wildman–Crippen LogP) is 2.75. The van der Waals surface area contributed by atoms with Crippen LogP contribution in [0.3, 0.4) is 0 Å². The number of nitrogens with zero attached hydrogens (tertiary/aromatic N) is 4. The SMILES string of the molecule is CCCNS(=O)(=O)Nc1ncnc(OCCOc2ncc(Br)cn2)c1-c1ccc2c(c1)CCO2. The van der Waals surface area contributed by atoms with Crippen LogP contribution >= 0.6 is 15.9 Å². The van der Waals surface area contributed by atoms with Crippen molar-refractivity contribution in [2.75, 3.05) is 31.1 Å². The van der Waals surface area contributed by atoms with Gasteiger partial charge < -0.3 is 14.2 Å². The Morgan fingerprint density at radius 2 is 1.91 bits per heavy atom. The van der Waals surface area contributed by atoms with Gasteiger partial charge in [-0.1, -0.05) is 13.0 Å². The van der Waals surface area contributed by atoms with E-state index in [0.717, 1.165) is 22.2 Å². The quantitative estimate of drug-likeness (QED) is 0.345. The Morgan fingerprint density at radius 3 is 2.71 bits per heavy atom. The second-order valence-electron chi connectivity index (χ2n) is 7.20. The molecule has 13 heteroatoms. The van der Waals surface area contributed by atoms with Crippen molar-refractivity contribution in [1.82, 2.24) is 24.7 Å². The molecule has 0 fully saturated rings. The standard InChI is InChI=1S/C21H23BrN6O5S/c1-2-6-27-34(29,30)28-19-18(15-3-4-17-14(10-15)5-7-31-17)20(26-13-25-19)32-8-9-33-21-23-11-16(22)12-24-21/h3-4,10-13,27H,2,5-9H2,1H3,(H,25,26,28). The molecule has 2 aromatic heterocycles. The smallest absolute Gasteiger partial charge is 0.316 e. The number of anilines is 1. The van der Waals surface area contributed by atoms with Crippen molar-refractivity contribution in [1.29, 1.82) is 0 Å². The third-order valence-corrected chi connectivity index (χ3v) is 6.17. The minimum absolute atomic E-state index is 0.102. The van der Waals surface area contributed by atoms with E-state index in [-0.39, 0.29) is 30.9 Å². The van der Waals surface area contributed by atoms with E-state index in [1.807, 2.05) is 25.1 Å². The summed E-state index contributed by atoms with van der Waals surface area (Å²) in [5, 5.41) is 0. The average molecular weight is 551 g/mol. The van der Waals surface area contributed by atoms with Crippen LogP contribution in [0.4, 0.5) is 5.82 Å². The molecule has 180 valence electrons. The third-order valence-electron chi connectivity index (χ3n) is 4.71. The lowest BCUT2D eigenvalue weighted by Crippen LogP contribution is -2.31. The summed E-state index contributed by atoms with van der Waals surface area (Å²) in [5.41, 5.74) is 2.13. The van der Waals surface area contributed by atoms with E-state index in [0.29, 0.717) is 30.7 Å². The van der Waals surface area contributed by atoms with Gasteiger partial charge in [0.25, 0.3) is 10.2 Å². The van der Waals surface area contributed by atoms with Crippen LogP contribution in [0.25, 0.3) is 11.1 Å². The summed E-state index contributed by atoms with van der Waals surface area (Å²) in [4.78, 5) is 16.5. The summed E-state index contributed by atoms with van der Waals surface area (Å²) in [5.74, 6) is 1.12. The van der Waals surface area contributed by atoms with Crippen molar-refractivity contribution < 1.29 is 22.6 Å². The van der Waals surface area contributed by atoms with Crippen molar-refractivity contribution in [2.24, 2.45) is 0 Å². The number of hydrogen-bond acceptors (Lipinski definition) is 9. The Morgan fingerprint density at radius 1 is 1.12 bits per heavy atom. The first-order valence-corrected chi connectivity index (χ1v) is 12.8. The van der Waals surface area contributed by atoms with Gasteiger partial charge in [-0.15, -0.1) is 0 Å². The van der Waals surface area contributed by atoms with E-state index in [2.05, 4.69) is 45.3 Å². The van der Waals surface area contributed by atoms with E-state index >= 15 is 0 Å². The second kappa shape index (κ2) is 10.9. The van der Waals surface area contributed by atoms with Crippen LogP contribution in [0.5, 0.6) is 17.6 Å². The maximum absolute atomic E-state index is 12.5. The van der Waals surface area contributed by atoms with Crippen LogP contribution in [0.2, 0.25) is 0 Å². The summed E-state index contributed by atoms with van der Waals surface area (Å²) >= 11 is 3.27. The number of aromatic nitrogens is 4. The highest BCUT2D eigenvalue weighted by atomic mass is 79.9. The molecule has 34 heavy (non-hydrogen) atoms. The van der Waals surface area contributed by atoms with E-state index in [1.54, 1.807) is 12.4 Å². The number of hydrogen-bond donors (Lipinski definition) is 2. The van der Waals surface area contributed by atoms with Crippen molar-refractivity contribution >= 4 is 32.0 Å². The number of ether oxygens (including phenoxy) is 3. The van der Waals surface area contributed by atoms with Crippen molar-refractivity contribution in [2.45, 2.75) is 19.8 Å². The molecule has 1 aliphatic rings. The van der Waals surface area contributed by atoms with E-state index < -0.39 is 10.2 Å². The third kappa shape index (κ3) is 6.10. The van der Waals surface area contributed by atoms with Crippen LogP contribution in [-0.4, -0.2) is 54.7 Å². The number of nitrogens with one attached hydrogen (secondary N) is 2. The molecule has 0 radical (unpaired) electrons. The molecule has 0 aliphatic carbocycles. The van der Waals surface area contributed by atoms with E-state index in [1.165, 1.54) is 6.33 Å². The Hall–Kier alpha value is -3.03. The molecule has 3 heterocycles. The maximum Gasteiger partial charge on any atom is 0.316 e. The molecule has 0 atom stereocenters. The molecule has 2 N–H and O–H groups in total. The number of fused-ring (bicyclic) bond motifs is 1. The highest BCUT2D eigenvalue weighted by Gasteiger charge is 2.22. The molecule has 11 nitrogen and oxygen atoms in total. The molecular formula is C21H23BrN6O5S. The summed E-state index contributed by atoms with van der Waals surface area (Å²) in [6, 6.07) is 5.80. The second-order valence-corrected chi connectivity index (χ2v) is 9.62. The van der Waals surface area contributed by atoms with Gasteiger partial charge in [0, 0.05) is 25.4 Å². The highest BCUT2D eigenvalue weighted by Crippen LogP contribution is 2.37. The normalized spacial score (nSPS) is 12.6. The summed E-state index contributed by atoms with van der Waals surface area (Å²) in [6.45, 7) is 3.05. The van der Waals surface area contributed by atoms with Gasteiger partial charge in [-0.3, -0.25) is 4.72 Å².